The Labute approximate surface area is 339 Å². The van der Waals surface area contributed by atoms with Crippen molar-refractivity contribution in [3.8, 4) is 17.4 Å². The molecule has 7 atom stereocenters. The lowest BCUT2D eigenvalue weighted by molar-refractivity contribution is -0.143. The number of alkyl carbamates (subject to hydrolysis) is 1. The number of nitrogens with one attached hydrogen (secondary N) is 3. The van der Waals surface area contributed by atoms with Crippen molar-refractivity contribution in [3.63, 3.8) is 0 Å². The van der Waals surface area contributed by atoms with E-state index in [-0.39, 0.29) is 31.4 Å². The van der Waals surface area contributed by atoms with Gasteiger partial charge in [0.15, 0.2) is 0 Å². The maximum atomic E-state index is 14.8. The maximum absolute atomic E-state index is 14.8. The molecular weight excluding hydrogens is 767 g/mol. The van der Waals surface area contributed by atoms with Crippen LogP contribution in [0.3, 0.4) is 0 Å². The number of hydrogen-bond donors (Lipinski definition) is 3. The predicted molar refractivity (Wildman–Crippen MR) is 216 cm³/mol. The fourth-order valence-electron chi connectivity index (χ4n) is 8.49. The molecule has 1 aromatic carbocycles. The fourth-order valence-corrected chi connectivity index (χ4v) is 9.85. The number of carbonyl (C=O) groups excluding carboxylic acids is 4. The van der Waals surface area contributed by atoms with Crippen molar-refractivity contribution < 1.29 is 46.5 Å². The van der Waals surface area contributed by atoms with Crippen molar-refractivity contribution in [2.45, 2.75) is 121 Å². The summed E-state index contributed by atoms with van der Waals surface area (Å²) < 4.78 is 52.2. The van der Waals surface area contributed by atoms with Crippen LogP contribution in [0.5, 0.6) is 17.4 Å². The maximum Gasteiger partial charge on any atom is 0.408 e. The van der Waals surface area contributed by atoms with E-state index in [4.69, 9.17) is 23.9 Å². The fraction of sp³-hybridized carbons (Fsp3) is 0.595. The second-order valence-electron chi connectivity index (χ2n) is 17.2. The third-order valence-electron chi connectivity index (χ3n) is 12.0. The zero-order valence-electron chi connectivity index (χ0n) is 33.9. The van der Waals surface area contributed by atoms with Crippen molar-refractivity contribution in [1.82, 2.24) is 25.2 Å². The minimum atomic E-state index is -3.92. The van der Waals surface area contributed by atoms with E-state index in [2.05, 4.69) is 28.0 Å². The third kappa shape index (κ3) is 8.48. The number of methoxy groups -OCH3 is 1. The Balaban J connectivity index is 1.28. The lowest BCUT2D eigenvalue weighted by atomic mass is 9.84. The Hall–Kier alpha value is -4.86. The molecule has 0 unspecified atom stereocenters. The lowest BCUT2D eigenvalue weighted by Crippen LogP contribution is -2.60. The van der Waals surface area contributed by atoms with Crippen LogP contribution < -0.4 is 29.6 Å². The predicted octanol–water partition coefficient (Wildman–Crippen LogP) is 4.78. The van der Waals surface area contributed by atoms with Gasteiger partial charge in [-0.2, -0.15) is 0 Å². The van der Waals surface area contributed by atoms with Gasteiger partial charge < -0.3 is 34.5 Å². The number of aromatic nitrogens is 1. The number of benzene rings is 1. The Morgan fingerprint density at radius 3 is 2.55 bits per heavy atom. The number of sulfonamides is 1. The van der Waals surface area contributed by atoms with Gasteiger partial charge in [-0.25, -0.2) is 18.2 Å². The van der Waals surface area contributed by atoms with E-state index in [0.717, 1.165) is 24.8 Å². The molecule has 58 heavy (non-hydrogen) atoms. The van der Waals surface area contributed by atoms with Crippen LogP contribution in [0.15, 0.2) is 36.9 Å². The van der Waals surface area contributed by atoms with Crippen LogP contribution in [0.1, 0.15) is 91.0 Å². The standard InChI is InChI=1S/C42H55N5O10S/c1-7-26-22-42(26,39(50)46-58(52,53)28-16-17-28)45-37(48)31-19-27-23-47(31)38(49)36(41(3,4)5)44-40(51)57-32-15-10-9-12-24(32)13-11-14-25-18-29-30(20-33(25)54-6)43-35(55-8-2)21-34(29)56-27/h7,11,14,18,20-21,24,26-28,31-32,36H,1,8-10,12-13,15-17,19,22-23H2,2-6H3,(H,44,51)(H,45,48)(H,46,50)/b14-11+/t24-,26-,27+,31-,32+,36+,42-/m0/s1. The molecule has 3 aliphatic carbocycles. The van der Waals surface area contributed by atoms with Crippen molar-refractivity contribution in [3.05, 3.63) is 42.5 Å². The second kappa shape index (κ2) is 16.1. The van der Waals surface area contributed by atoms with Gasteiger partial charge in [-0.15, -0.1) is 6.58 Å². The summed E-state index contributed by atoms with van der Waals surface area (Å²) in [6.45, 7) is 11.4. The highest BCUT2D eigenvalue weighted by Crippen LogP contribution is 2.46. The summed E-state index contributed by atoms with van der Waals surface area (Å²) in [4.78, 5) is 62.7. The van der Waals surface area contributed by atoms with Gasteiger partial charge in [0.05, 0.1) is 31.0 Å². The molecule has 314 valence electrons. The smallest absolute Gasteiger partial charge is 0.408 e. The minimum absolute atomic E-state index is 0.0101. The number of hydrogen-bond acceptors (Lipinski definition) is 11. The number of carbonyl (C=O) groups is 4. The Morgan fingerprint density at radius 2 is 1.88 bits per heavy atom. The third-order valence-corrected chi connectivity index (χ3v) is 13.8. The van der Waals surface area contributed by atoms with E-state index < -0.39 is 74.1 Å². The molecule has 3 N–H and O–H groups in total. The number of nitrogens with zero attached hydrogens (tertiary/aromatic N) is 2. The zero-order chi connectivity index (χ0) is 41.6. The van der Waals surface area contributed by atoms with Crippen LogP contribution in [-0.2, 0) is 29.1 Å². The molecule has 3 heterocycles. The summed E-state index contributed by atoms with van der Waals surface area (Å²) in [6.07, 6.45) is 8.88. The summed E-state index contributed by atoms with van der Waals surface area (Å²) in [5, 5.41) is 5.69. The number of allylic oxidation sites excluding steroid dienone is 1. The molecule has 1 aromatic heterocycles. The van der Waals surface area contributed by atoms with E-state index in [1.165, 1.54) is 11.0 Å². The SMILES string of the molecule is C=C[C@H]1C[C@@]1(NC(=O)[C@@H]1C[C@@H]2CN1C(=O)[C@H](C(C)(C)C)NC(=O)O[C@@H]1CCCC[C@H]1C/C=C/c1cc3c(cc(OCC)nc3cc1OC)O2)C(=O)NS(=O)(=O)C1CC1. The van der Waals surface area contributed by atoms with Crippen molar-refractivity contribution in [2.24, 2.45) is 17.3 Å². The number of ether oxygens (including phenoxy) is 4. The van der Waals surface area contributed by atoms with Crippen LogP contribution >= 0.6 is 0 Å². The van der Waals surface area contributed by atoms with Crippen LogP contribution in [0.25, 0.3) is 17.0 Å². The summed E-state index contributed by atoms with van der Waals surface area (Å²) in [6, 6.07) is 3.14. The zero-order valence-corrected chi connectivity index (χ0v) is 34.7. The highest BCUT2D eigenvalue weighted by molar-refractivity contribution is 7.91. The molecule has 15 nitrogen and oxygen atoms in total. The number of fused-ring (bicyclic) bond motifs is 4. The summed E-state index contributed by atoms with van der Waals surface area (Å²) in [7, 11) is -2.33. The molecule has 0 spiro atoms. The molecule has 0 radical (unpaired) electrons. The van der Waals surface area contributed by atoms with Crippen molar-refractivity contribution in [1.29, 1.82) is 0 Å². The van der Waals surface area contributed by atoms with E-state index >= 15 is 0 Å². The number of rotatable bonds is 9. The molecule has 5 aliphatic rings. The monoisotopic (exact) mass is 821 g/mol. The average molecular weight is 822 g/mol. The molecule has 1 saturated heterocycles. The first-order chi connectivity index (χ1) is 27.6. The second-order valence-corrected chi connectivity index (χ2v) is 19.2. The molecule has 2 aromatic rings. The quantitative estimate of drug-likeness (QED) is 0.295. The topological polar surface area (TPSA) is 192 Å². The van der Waals surface area contributed by atoms with E-state index in [1.807, 2.05) is 45.9 Å². The highest BCUT2D eigenvalue weighted by Gasteiger charge is 2.62. The summed E-state index contributed by atoms with van der Waals surface area (Å²) >= 11 is 0. The van der Waals surface area contributed by atoms with Gasteiger partial charge in [0.25, 0.3) is 5.91 Å². The van der Waals surface area contributed by atoms with Gasteiger partial charge in [0.1, 0.15) is 41.3 Å². The minimum Gasteiger partial charge on any atom is -0.496 e. The first-order valence-electron chi connectivity index (χ1n) is 20.3. The number of pyridine rings is 1. The van der Waals surface area contributed by atoms with Gasteiger partial charge in [-0.1, -0.05) is 45.4 Å². The first-order valence-corrected chi connectivity index (χ1v) is 21.9. The molecule has 2 aliphatic heterocycles. The largest absolute Gasteiger partial charge is 0.496 e. The van der Waals surface area contributed by atoms with E-state index in [0.29, 0.717) is 60.6 Å². The molecule has 16 heteroatoms. The molecule has 4 fully saturated rings. The normalized spacial score (nSPS) is 29.4. The molecule has 3 saturated carbocycles. The summed E-state index contributed by atoms with van der Waals surface area (Å²) in [5.74, 6) is -1.20. The van der Waals surface area contributed by atoms with Crippen molar-refractivity contribution in [2.75, 3.05) is 20.3 Å². The van der Waals surface area contributed by atoms with Crippen LogP contribution in [0.2, 0.25) is 0 Å². The molecule has 4 bridgehead atoms. The Bertz CT molecular complexity index is 2110. The van der Waals surface area contributed by atoms with Crippen molar-refractivity contribution >= 4 is 50.8 Å². The number of amides is 4. The average Bonchev–Trinajstić information content (AvgIpc) is 4.10. The van der Waals surface area contributed by atoms with Gasteiger partial charge in [-0.05, 0) is 69.3 Å². The molecule has 7 rings (SSSR count). The first kappa shape index (κ1) is 41.3. The Kier molecular flexibility index (Phi) is 11.4. The van der Waals surface area contributed by atoms with Crippen LogP contribution in [-0.4, -0.2) is 97.5 Å². The van der Waals surface area contributed by atoms with Gasteiger partial charge in [0, 0.05) is 35.4 Å². The van der Waals surface area contributed by atoms with Gasteiger partial charge in [0.2, 0.25) is 27.7 Å². The van der Waals surface area contributed by atoms with Crippen LogP contribution in [0.4, 0.5) is 4.79 Å². The molecule has 4 amide bonds. The van der Waals surface area contributed by atoms with Gasteiger partial charge >= 0.3 is 6.09 Å². The lowest BCUT2D eigenvalue weighted by Gasteiger charge is -2.36. The highest BCUT2D eigenvalue weighted by atomic mass is 32.2. The molecular formula is C42H55N5O10S. The van der Waals surface area contributed by atoms with Crippen LogP contribution in [0, 0.1) is 17.3 Å². The van der Waals surface area contributed by atoms with E-state index in [1.54, 1.807) is 13.2 Å². The Morgan fingerprint density at radius 1 is 1.12 bits per heavy atom. The van der Waals surface area contributed by atoms with Gasteiger partial charge in [-0.3, -0.25) is 19.1 Å². The summed E-state index contributed by atoms with van der Waals surface area (Å²) in [5.41, 5.74) is -1.06. The van der Waals surface area contributed by atoms with E-state index in [9.17, 15) is 27.6 Å².